The van der Waals surface area contributed by atoms with Crippen LogP contribution in [0.2, 0.25) is 0 Å². The van der Waals surface area contributed by atoms with Crippen molar-refractivity contribution in [1.82, 2.24) is 0 Å². The van der Waals surface area contributed by atoms with E-state index < -0.39 is 0 Å². The second-order valence-electron chi connectivity index (χ2n) is 0.707. The number of allylic oxidation sites excluding steroid dienone is 2. The van der Waals surface area contributed by atoms with Gasteiger partial charge in [0.25, 0.3) is 0 Å². The van der Waals surface area contributed by atoms with E-state index in [1.54, 1.807) is 0 Å². The molecule has 0 aromatic rings. The molecule has 0 saturated carbocycles. The first-order valence-corrected chi connectivity index (χ1v) is 1.15. The van der Waals surface area contributed by atoms with Crippen LogP contribution < -0.4 is 0 Å². The van der Waals surface area contributed by atoms with Crippen LogP contribution in [0.4, 0.5) is 0 Å². The SMILES string of the molecule is C1=CC1.[NaH]. The van der Waals surface area contributed by atoms with Gasteiger partial charge >= 0.3 is 29.6 Å². The summed E-state index contributed by atoms with van der Waals surface area (Å²) in [6.07, 6.45) is 5.50. The van der Waals surface area contributed by atoms with E-state index in [9.17, 15) is 0 Å². The minimum absolute atomic E-state index is 0. The van der Waals surface area contributed by atoms with Crippen molar-refractivity contribution in [2.24, 2.45) is 0 Å². The fourth-order valence-corrected chi connectivity index (χ4v) is 0. The van der Waals surface area contributed by atoms with Gasteiger partial charge in [-0.2, -0.15) is 0 Å². The Labute approximate surface area is 48.2 Å². The van der Waals surface area contributed by atoms with Gasteiger partial charge in [-0.15, -0.1) is 0 Å². The zero-order chi connectivity index (χ0) is 2.12. The van der Waals surface area contributed by atoms with Gasteiger partial charge in [-0.3, -0.25) is 0 Å². The van der Waals surface area contributed by atoms with Gasteiger partial charge in [0.2, 0.25) is 0 Å². The molecule has 0 saturated heterocycles. The zero-order valence-electron chi connectivity index (χ0n) is 1.86. The van der Waals surface area contributed by atoms with E-state index in [2.05, 4.69) is 12.2 Å². The van der Waals surface area contributed by atoms with Crippen LogP contribution in [-0.4, -0.2) is 29.6 Å². The standard InChI is InChI=1S/C3H4.Na.H/c1-2-3-1;;/h1-2H,3H2;;. The normalized spacial score (nSPS) is 14.0. The van der Waals surface area contributed by atoms with Gasteiger partial charge in [0.15, 0.2) is 0 Å². The molecule has 0 fully saturated rings. The Balaban J connectivity index is 0.0000000900. The van der Waals surface area contributed by atoms with Crippen molar-refractivity contribution < 1.29 is 0 Å². The van der Waals surface area contributed by atoms with Crippen molar-refractivity contribution in [3.8, 4) is 0 Å². The van der Waals surface area contributed by atoms with E-state index in [1.807, 2.05) is 0 Å². The molecule has 0 unspecified atom stereocenters. The molecule has 0 aromatic carbocycles. The van der Waals surface area contributed by atoms with E-state index >= 15 is 0 Å². The van der Waals surface area contributed by atoms with Gasteiger partial charge in [0.1, 0.15) is 0 Å². The third-order valence-corrected chi connectivity index (χ3v) is 0.236. The van der Waals surface area contributed by atoms with Crippen molar-refractivity contribution in [2.45, 2.75) is 6.42 Å². The minimum atomic E-state index is 0. The molecule has 0 spiro atoms. The van der Waals surface area contributed by atoms with Crippen LogP contribution in [0.3, 0.4) is 0 Å². The maximum absolute atomic E-state index is 2.12. The second kappa shape index (κ2) is 2.01. The molecule has 1 heteroatoms. The number of hydrogen-bond donors (Lipinski definition) is 0. The molecule has 1 rings (SSSR count). The van der Waals surface area contributed by atoms with Gasteiger partial charge in [0.05, 0.1) is 0 Å². The van der Waals surface area contributed by atoms with Crippen LogP contribution in [0, 0.1) is 0 Å². The van der Waals surface area contributed by atoms with Crippen molar-refractivity contribution in [2.75, 3.05) is 0 Å². The predicted molar refractivity (Wildman–Crippen MR) is 20.9 cm³/mol. The Bertz CT molecular complexity index is 26.3. The molecule has 1 aliphatic rings. The van der Waals surface area contributed by atoms with Crippen LogP contribution in [0.5, 0.6) is 0 Å². The summed E-state index contributed by atoms with van der Waals surface area (Å²) in [6, 6.07) is 0. The molecular formula is C3H5Na. The van der Waals surface area contributed by atoms with Crippen molar-refractivity contribution in [3.05, 3.63) is 12.2 Å². The summed E-state index contributed by atoms with van der Waals surface area (Å²) >= 11 is 0. The molecule has 0 bridgehead atoms. The van der Waals surface area contributed by atoms with E-state index in [0.717, 1.165) is 0 Å². The Morgan fingerprint density at radius 3 is 1.50 bits per heavy atom. The quantitative estimate of drug-likeness (QED) is 0.280. The first-order valence-electron chi connectivity index (χ1n) is 1.15. The molecule has 1 aliphatic carbocycles. The maximum atomic E-state index is 2.12. The first-order chi connectivity index (χ1) is 1.50. The van der Waals surface area contributed by atoms with Crippen molar-refractivity contribution in [1.29, 1.82) is 0 Å². The van der Waals surface area contributed by atoms with Crippen molar-refractivity contribution >= 4 is 29.6 Å². The van der Waals surface area contributed by atoms with Crippen LogP contribution in [0.15, 0.2) is 12.2 Å². The molecule has 0 atom stereocenters. The molecule has 0 aliphatic heterocycles. The number of rotatable bonds is 0. The molecule has 0 radical (unpaired) electrons. The van der Waals surface area contributed by atoms with Crippen LogP contribution >= 0.6 is 0 Å². The third-order valence-electron chi connectivity index (χ3n) is 0.236. The Morgan fingerprint density at radius 2 is 1.50 bits per heavy atom. The summed E-state index contributed by atoms with van der Waals surface area (Å²) in [6.45, 7) is 0. The summed E-state index contributed by atoms with van der Waals surface area (Å²) in [7, 11) is 0. The molecule has 0 heterocycles. The molecular weight excluding hydrogens is 59.0 g/mol. The Hall–Kier alpha value is 0.740. The molecule has 0 N–H and O–H groups in total. The van der Waals surface area contributed by atoms with Gasteiger partial charge in [-0.1, -0.05) is 12.2 Å². The first kappa shape index (κ1) is 4.74. The fraction of sp³-hybridized carbons (Fsp3) is 0.333. The molecule has 0 amide bonds. The predicted octanol–water partition coefficient (Wildman–Crippen LogP) is 0.298. The van der Waals surface area contributed by atoms with Gasteiger partial charge in [-0.25, -0.2) is 0 Å². The number of hydrogen-bond acceptors (Lipinski definition) is 0. The Morgan fingerprint density at radius 1 is 1.25 bits per heavy atom. The van der Waals surface area contributed by atoms with Crippen LogP contribution in [0.25, 0.3) is 0 Å². The van der Waals surface area contributed by atoms with E-state index in [4.69, 9.17) is 0 Å². The van der Waals surface area contributed by atoms with Crippen molar-refractivity contribution in [3.63, 3.8) is 0 Å². The molecule has 0 nitrogen and oxygen atoms in total. The molecule has 18 valence electrons. The van der Waals surface area contributed by atoms with Gasteiger partial charge in [0, 0.05) is 0 Å². The van der Waals surface area contributed by atoms with E-state index in [-0.39, 0.29) is 29.6 Å². The molecule has 0 aromatic heterocycles. The van der Waals surface area contributed by atoms with Gasteiger partial charge < -0.3 is 0 Å². The summed E-state index contributed by atoms with van der Waals surface area (Å²) in [4.78, 5) is 0. The fourth-order valence-electron chi connectivity index (χ4n) is 0. The van der Waals surface area contributed by atoms with E-state index in [1.165, 1.54) is 6.42 Å². The zero-order valence-corrected chi connectivity index (χ0v) is 1.86. The summed E-state index contributed by atoms with van der Waals surface area (Å²) in [5, 5.41) is 0. The average Bonchev–Trinajstić information content (AvgIpc) is 1.46. The average molecular weight is 64.1 g/mol. The summed E-state index contributed by atoms with van der Waals surface area (Å²) in [5.74, 6) is 0. The summed E-state index contributed by atoms with van der Waals surface area (Å²) < 4.78 is 0. The van der Waals surface area contributed by atoms with E-state index in [0.29, 0.717) is 0 Å². The van der Waals surface area contributed by atoms with Crippen LogP contribution in [0.1, 0.15) is 6.42 Å². The third kappa shape index (κ3) is 2.74. The summed E-state index contributed by atoms with van der Waals surface area (Å²) in [5.41, 5.74) is 0. The topological polar surface area (TPSA) is 0 Å². The monoisotopic (exact) mass is 64.0 g/mol. The van der Waals surface area contributed by atoms with Crippen LogP contribution in [-0.2, 0) is 0 Å². The van der Waals surface area contributed by atoms with Gasteiger partial charge in [-0.05, 0) is 6.42 Å². The molecule has 4 heavy (non-hydrogen) atoms. The Kier molecular flexibility index (Phi) is 2.38. The second-order valence-corrected chi connectivity index (χ2v) is 0.707.